The van der Waals surface area contributed by atoms with E-state index in [9.17, 15) is 19.2 Å². The molecule has 3 heterocycles. The third kappa shape index (κ3) is 3.84. The molecule has 3 amide bonds. The minimum absolute atomic E-state index is 0.176. The van der Waals surface area contributed by atoms with Crippen LogP contribution in [-0.4, -0.2) is 52.2 Å². The Morgan fingerprint density at radius 3 is 2.73 bits per heavy atom. The van der Waals surface area contributed by atoms with Gasteiger partial charge in [0.15, 0.2) is 5.58 Å². The molecule has 0 spiro atoms. The second-order valence-corrected chi connectivity index (χ2v) is 7.29. The van der Waals surface area contributed by atoms with Crippen LogP contribution in [0.3, 0.4) is 0 Å². The Hall–Kier alpha value is -3.82. The summed E-state index contributed by atoms with van der Waals surface area (Å²) in [5.74, 6) is -1.44. The van der Waals surface area contributed by atoms with Crippen molar-refractivity contribution in [3.63, 3.8) is 0 Å². The summed E-state index contributed by atoms with van der Waals surface area (Å²) in [6, 6.07) is 7.93. The Bertz CT molecular complexity index is 1170. The molecule has 3 aromatic rings. The van der Waals surface area contributed by atoms with Gasteiger partial charge in [-0.3, -0.25) is 19.4 Å². The van der Waals surface area contributed by atoms with E-state index < -0.39 is 11.7 Å². The molecule has 30 heavy (non-hydrogen) atoms. The van der Waals surface area contributed by atoms with Crippen LogP contribution in [0.1, 0.15) is 44.2 Å². The maximum absolute atomic E-state index is 12.6. The lowest BCUT2D eigenvalue weighted by atomic mass is 10.1. The summed E-state index contributed by atoms with van der Waals surface area (Å²) in [5, 5.41) is 2.86. The zero-order chi connectivity index (χ0) is 21.3. The van der Waals surface area contributed by atoms with E-state index in [0.29, 0.717) is 48.4 Å². The number of oxazole rings is 1. The Morgan fingerprint density at radius 2 is 1.97 bits per heavy atom. The van der Waals surface area contributed by atoms with Gasteiger partial charge in [-0.15, -0.1) is 0 Å². The summed E-state index contributed by atoms with van der Waals surface area (Å²) < 4.78 is 4.97. The number of nitrogens with one attached hydrogen (secondary N) is 3. The van der Waals surface area contributed by atoms with E-state index in [4.69, 9.17) is 10.2 Å². The van der Waals surface area contributed by atoms with Crippen LogP contribution in [0.4, 0.5) is 0 Å². The fourth-order valence-corrected chi connectivity index (χ4v) is 3.73. The van der Waals surface area contributed by atoms with Gasteiger partial charge in [0.25, 0.3) is 17.7 Å². The van der Waals surface area contributed by atoms with Gasteiger partial charge in [-0.2, -0.15) is 0 Å². The van der Waals surface area contributed by atoms with Crippen LogP contribution in [0, 0.1) is 5.92 Å². The van der Waals surface area contributed by atoms with Crippen molar-refractivity contribution in [2.75, 3.05) is 19.6 Å². The van der Waals surface area contributed by atoms with Crippen LogP contribution in [0.2, 0.25) is 0 Å². The summed E-state index contributed by atoms with van der Waals surface area (Å²) in [5.41, 5.74) is 6.79. The first kappa shape index (κ1) is 19.5. The van der Waals surface area contributed by atoms with Crippen molar-refractivity contribution >= 4 is 28.8 Å². The van der Waals surface area contributed by atoms with Gasteiger partial charge < -0.3 is 25.4 Å². The first-order valence-corrected chi connectivity index (χ1v) is 9.60. The van der Waals surface area contributed by atoms with Crippen molar-refractivity contribution in [2.24, 2.45) is 11.7 Å². The monoisotopic (exact) mass is 411 g/mol. The topological polar surface area (TPSA) is 154 Å². The normalized spacial score (nSPS) is 16.1. The second kappa shape index (κ2) is 7.90. The number of fused-ring (bicyclic) bond motifs is 1. The van der Waals surface area contributed by atoms with Crippen molar-refractivity contribution in [1.29, 1.82) is 0 Å². The molecule has 1 aromatic carbocycles. The van der Waals surface area contributed by atoms with Gasteiger partial charge in [0.1, 0.15) is 11.4 Å². The number of hydrogen-bond acceptors (Lipinski definition) is 5. The number of nitrogens with two attached hydrogens (primary N) is 1. The zero-order valence-electron chi connectivity index (χ0n) is 16.1. The van der Waals surface area contributed by atoms with Crippen LogP contribution in [0.5, 0.6) is 0 Å². The summed E-state index contributed by atoms with van der Waals surface area (Å²) in [4.78, 5) is 54.6. The Balaban J connectivity index is 1.29. The number of rotatable bonds is 6. The number of likely N-dealkylation sites (tertiary alicyclic amines) is 1. The van der Waals surface area contributed by atoms with E-state index in [1.54, 1.807) is 29.2 Å². The predicted octanol–water partition coefficient (Wildman–Crippen LogP) is 0.830. The number of aromatic amines is 2. The van der Waals surface area contributed by atoms with Crippen molar-refractivity contribution in [1.82, 2.24) is 20.2 Å². The van der Waals surface area contributed by atoms with E-state index in [-0.39, 0.29) is 23.4 Å². The third-order valence-corrected chi connectivity index (χ3v) is 5.29. The largest absolute Gasteiger partial charge is 0.417 e. The number of carbonyl (C=O) groups is 3. The highest BCUT2D eigenvalue weighted by Gasteiger charge is 2.27. The Labute approximate surface area is 170 Å². The second-order valence-electron chi connectivity index (χ2n) is 7.29. The van der Waals surface area contributed by atoms with E-state index >= 15 is 0 Å². The van der Waals surface area contributed by atoms with Crippen molar-refractivity contribution in [3.8, 4) is 0 Å². The lowest BCUT2D eigenvalue weighted by Gasteiger charge is -2.16. The molecule has 2 aromatic heterocycles. The number of H-pyrrole nitrogens is 2. The molecule has 1 aliphatic heterocycles. The minimum Gasteiger partial charge on any atom is -0.408 e. The molecule has 4 rings (SSSR count). The Kier molecular flexibility index (Phi) is 5.13. The molecular weight excluding hydrogens is 390 g/mol. The number of hydrogen-bond donors (Lipinski definition) is 4. The van der Waals surface area contributed by atoms with Gasteiger partial charge in [-0.05, 0) is 43.0 Å². The standard InChI is InChI=1S/C20H21N5O5/c21-17(26)13-4-5-14(23-13)19(28)25-9-7-11(10-25)6-8-22-18(27)12-2-1-3-15-16(12)24-20(29)30-15/h1-5,11,23H,6-10H2,(H2,21,26)(H,22,27)(H,24,29). The fourth-order valence-electron chi connectivity index (χ4n) is 3.73. The van der Waals surface area contributed by atoms with E-state index in [1.807, 2.05) is 0 Å². The molecule has 10 nitrogen and oxygen atoms in total. The average Bonchev–Trinajstić information content (AvgIpc) is 3.45. The maximum Gasteiger partial charge on any atom is 0.417 e. The highest BCUT2D eigenvalue weighted by atomic mass is 16.4. The van der Waals surface area contributed by atoms with Crippen molar-refractivity contribution in [2.45, 2.75) is 12.8 Å². The third-order valence-electron chi connectivity index (χ3n) is 5.29. The van der Waals surface area contributed by atoms with Gasteiger partial charge in [0.2, 0.25) is 0 Å². The van der Waals surface area contributed by atoms with Crippen molar-refractivity contribution < 1.29 is 18.8 Å². The Morgan fingerprint density at radius 1 is 1.17 bits per heavy atom. The molecule has 1 aliphatic rings. The molecule has 0 radical (unpaired) electrons. The minimum atomic E-state index is -0.612. The molecule has 0 saturated carbocycles. The first-order valence-electron chi connectivity index (χ1n) is 9.60. The molecule has 5 N–H and O–H groups in total. The van der Waals surface area contributed by atoms with Crippen LogP contribution in [0.25, 0.3) is 11.1 Å². The first-order chi connectivity index (χ1) is 14.4. The van der Waals surface area contributed by atoms with Gasteiger partial charge in [0.05, 0.1) is 11.1 Å². The van der Waals surface area contributed by atoms with E-state index in [2.05, 4.69) is 15.3 Å². The van der Waals surface area contributed by atoms with Gasteiger partial charge >= 0.3 is 5.76 Å². The molecular formula is C20H21N5O5. The number of primary amides is 1. The molecule has 156 valence electrons. The van der Waals surface area contributed by atoms with Gasteiger partial charge in [-0.25, -0.2) is 4.79 Å². The zero-order valence-corrected chi connectivity index (χ0v) is 16.1. The number of benzene rings is 1. The molecule has 0 aliphatic carbocycles. The highest BCUT2D eigenvalue weighted by Crippen LogP contribution is 2.21. The smallest absolute Gasteiger partial charge is 0.408 e. The summed E-state index contributed by atoms with van der Waals surface area (Å²) in [7, 11) is 0. The predicted molar refractivity (Wildman–Crippen MR) is 107 cm³/mol. The summed E-state index contributed by atoms with van der Waals surface area (Å²) >= 11 is 0. The summed E-state index contributed by atoms with van der Waals surface area (Å²) in [6.07, 6.45) is 1.54. The number of amides is 3. The van der Waals surface area contributed by atoms with Crippen LogP contribution in [0.15, 0.2) is 39.5 Å². The van der Waals surface area contributed by atoms with Crippen molar-refractivity contribution in [3.05, 3.63) is 57.8 Å². The maximum atomic E-state index is 12.6. The summed E-state index contributed by atoms with van der Waals surface area (Å²) in [6.45, 7) is 1.63. The SMILES string of the molecule is NC(=O)c1ccc(C(=O)N2CCC(CCNC(=O)c3cccc4oc(=O)[nH]c34)C2)[nH]1. The van der Waals surface area contributed by atoms with Crippen LogP contribution in [-0.2, 0) is 0 Å². The van der Waals surface area contributed by atoms with Crippen LogP contribution < -0.4 is 16.8 Å². The van der Waals surface area contributed by atoms with Gasteiger partial charge in [-0.1, -0.05) is 6.07 Å². The van der Waals surface area contributed by atoms with E-state index in [1.165, 1.54) is 6.07 Å². The number of para-hydroxylation sites is 1. The molecule has 1 fully saturated rings. The lowest BCUT2D eigenvalue weighted by molar-refractivity contribution is 0.0780. The lowest BCUT2D eigenvalue weighted by Crippen LogP contribution is -2.30. The quantitative estimate of drug-likeness (QED) is 0.473. The van der Waals surface area contributed by atoms with Gasteiger partial charge in [0, 0.05) is 19.6 Å². The molecule has 0 bridgehead atoms. The van der Waals surface area contributed by atoms with E-state index in [0.717, 1.165) is 6.42 Å². The number of aromatic nitrogens is 2. The van der Waals surface area contributed by atoms with Crippen LogP contribution >= 0.6 is 0 Å². The molecule has 1 atom stereocenters. The molecule has 10 heteroatoms. The number of nitrogens with zero attached hydrogens (tertiary/aromatic N) is 1. The molecule has 1 unspecified atom stereocenters. The number of carbonyl (C=O) groups excluding carboxylic acids is 3. The average molecular weight is 411 g/mol. The molecule has 1 saturated heterocycles. The fraction of sp³-hybridized carbons (Fsp3) is 0.300. The highest BCUT2D eigenvalue weighted by molar-refractivity contribution is 6.04.